The van der Waals surface area contributed by atoms with Crippen molar-refractivity contribution in [3.63, 3.8) is 0 Å². The molecule has 0 atom stereocenters. The number of nitrogens with zero attached hydrogens (tertiary/aromatic N) is 1. The molecule has 7 heteroatoms. The van der Waals surface area contributed by atoms with Gasteiger partial charge < -0.3 is 20.2 Å². The number of ether oxygens (including phenoxy) is 1. The predicted molar refractivity (Wildman–Crippen MR) is 83.8 cm³/mol. The van der Waals surface area contributed by atoms with Crippen molar-refractivity contribution < 1.29 is 13.9 Å². The Morgan fingerprint density at radius 1 is 1.36 bits per heavy atom. The zero-order valence-corrected chi connectivity index (χ0v) is 12.3. The minimum atomic E-state index is -0.667. The van der Waals surface area contributed by atoms with E-state index in [1.165, 1.54) is 0 Å². The number of halogens is 1. The van der Waals surface area contributed by atoms with Gasteiger partial charge in [0.15, 0.2) is 0 Å². The van der Waals surface area contributed by atoms with Gasteiger partial charge in [0.05, 0.1) is 24.7 Å². The van der Waals surface area contributed by atoms with Crippen LogP contribution in [0, 0.1) is 0 Å². The number of fused-ring (bicyclic) bond motifs is 1. The number of methoxy groups -OCH3 is 1. The summed E-state index contributed by atoms with van der Waals surface area (Å²) in [5, 5.41) is 4.17. The predicted octanol–water partition coefficient (Wildman–Crippen LogP) is 3.33. The monoisotopic (exact) mass is 317 g/mol. The molecule has 0 aliphatic heterocycles. The maximum Gasteiger partial charge on any atom is 0.286 e. The van der Waals surface area contributed by atoms with Gasteiger partial charge in [-0.25, -0.2) is 4.98 Å². The highest BCUT2D eigenvalue weighted by Gasteiger charge is 2.19. The molecule has 6 nitrogen and oxygen atoms in total. The molecule has 3 N–H and O–H groups in total. The number of carbonyl (C=O) groups excluding carboxylic acids is 1. The number of furan rings is 1. The molecule has 0 spiro atoms. The number of hydrogen-bond donors (Lipinski definition) is 2. The third-order valence-corrected chi connectivity index (χ3v) is 3.34. The first-order valence-electron chi connectivity index (χ1n) is 6.37. The van der Waals surface area contributed by atoms with Crippen molar-refractivity contribution in [2.45, 2.75) is 0 Å². The van der Waals surface area contributed by atoms with Gasteiger partial charge in [0, 0.05) is 11.5 Å². The summed E-state index contributed by atoms with van der Waals surface area (Å²) in [6.07, 6.45) is 1.55. The van der Waals surface area contributed by atoms with E-state index < -0.39 is 5.91 Å². The lowest BCUT2D eigenvalue weighted by atomic mass is 10.2. The average molecular weight is 318 g/mol. The van der Waals surface area contributed by atoms with Crippen molar-refractivity contribution in [1.82, 2.24) is 4.98 Å². The van der Waals surface area contributed by atoms with E-state index in [4.69, 9.17) is 26.5 Å². The molecule has 0 unspecified atom stereocenters. The molecule has 0 aliphatic rings. The van der Waals surface area contributed by atoms with Gasteiger partial charge in [-0.1, -0.05) is 11.6 Å². The Morgan fingerprint density at radius 2 is 2.18 bits per heavy atom. The molecule has 0 aliphatic carbocycles. The van der Waals surface area contributed by atoms with Gasteiger partial charge in [-0.3, -0.25) is 4.79 Å². The minimum absolute atomic E-state index is 0.0400. The second-order valence-corrected chi connectivity index (χ2v) is 4.91. The van der Waals surface area contributed by atoms with Gasteiger partial charge in [0.1, 0.15) is 16.5 Å². The summed E-state index contributed by atoms with van der Waals surface area (Å²) >= 11 is 5.76. The molecule has 0 saturated carbocycles. The molecule has 2 aromatic heterocycles. The molecule has 1 aromatic carbocycles. The molecule has 3 aromatic rings. The van der Waals surface area contributed by atoms with E-state index in [9.17, 15) is 4.79 Å². The molecule has 0 bridgehead atoms. The highest BCUT2D eigenvalue weighted by Crippen LogP contribution is 2.35. The SMILES string of the molecule is COc1ccc2c(Nc3ccc(Cl)nc3)c(C(N)=O)oc2c1. The maximum atomic E-state index is 11.6. The van der Waals surface area contributed by atoms with Crippen LogP contribution in [0.25, 0.3) is 11.0 Å². The van der Waals surface area contributed by atoms with Crippen LogP contribution in [0.2, 0.25) is 5.15 Å². The Hall–Kier alpha value is -2.73. The van der Waals surface area contributed by atoms with Gasteiger partial charge >= 0.3 is 0 Å². The average Bonchev–Trinajstić information content (AvgIpc) is 2.87. The molecule has 3 rings (SSSR count). The summed E-state index contributed by atoms with van der Waals surface area (Å²) < 4.78 is 10.7. The first-order valence-corrected chi connectivity index (χ1v) is 6.75. The van der Waals surface area contributed by atoms with Crippen molar-refractivity contribution in [3.05, 3.63) is 47.4 Å². The van der Waals surface area contributed by atoms with Crippen LogP contribution in [0.1, 0.15) is 10.6 Å². The molecule has 0 radical (unpaired) electrons. The number of nitrogens with one attached hydrogen (secondary N) is 1. The minimum Gasteiger partial charge on any atom is -0.497 e. The number of benzene rings is 1. The smallest absolute Gasteiger partial charge is 0.286 e. The number of rotatable bonds is 4. The number of amides is 1. The number of anilines is 2. The Bertz CT molecular complexity index is 843. The Balaban J connectivity index is 2.11. The highest BCUT2D eigenvalue weighted by molar-refractivity contribution is 6.29. The number of nitrogens with two attached hydrogens (primary N) is 1. The van der Waals surface area contributed by atoms with Gasteiger partial charge in [-0.15, -0.1) is 0 Å². The number of aromatic nitrogens is 1. The van der Waals surface area contributed by atoms with Crippen molar-refractivity contribution in [3.8, 4) is 5.75 Å². The third-order valence-electron chi connectivity index (χ3n) is 3.12. The number of hydrogen-bond acceptors (Lipinski definition) is 5. The fourth-order valence-electron chi connectivity index (χ4n) is 2.10. The summed E-state index contributed by atoms with van der Waals surface area (Å²) in [5.41, 5.74) is 7.02. The summed E-state index contributed by atoms with van der Waals surface area (Å²) in [7, 11) is 1.55. The Kier molecular flexibility index (Phi) is 3.60. The number of primary amides is 1. The van der Waals surface area contributed by atoms with Crippen molar-refractivity contribution >= 4 is 39.9 Å². The first-order chi connectivity index (χ1) is 10.6. The van der Waals surface area contributed by atoms with E-state index in [1.807, 2.05) is 0 Å². The van der Waals surface area contributed by atoms with Crippen LogP contribution < -0.4 is 15.8 Å². The van der Waals surface area contributed by atoms with Crippen LogP contribution in [0.5, 0.6) is 5.75 Å². The van der Waals surface area contributed by atoms with E-state index in [1.54, 1.807) is 43.6 Å². The lowest BCUT2D eigenvalue weighted by molar-refractivity contribution is 0.0977. The van der Waals surface area contributed by atoms with Crippen molar-refractivity contribution in [2.75, 3.05) is 12.4 Å². The number of carbonyl (C=O) groups is 1. The molecular weight excluding hydrogens is 306 g/mol. The van der Waals surface area contributed by atoms with Crippen LogP contribution >= 0.6 is 11.6 Å². The zero-order valence-electron chi connectivity index (χ0n) is 11.6. The van der Waals surface area contributed by atoms with Gasteiger partial charge in [-0.05, 0) is 24.3 Å². The van der Waals surface area contributed by atoms with E-state index in [2.05, 4.69) is 10.3 Å². The van der Waals surface area contributed by atoms with Crippen molar-refractivity contribution in [1.29, 1.82) is 0 Å². The lowest BCUT2D eigenvalue weighted by Crippen LogP contribution is -2.11. The second kappa shape index (κ2) is 5.57. The summed E-state index contributed by atoms with van der Waals surface area (Å²) in [5.74, 6) is -0.00484. The van der Waals surface area contributed by atoms with E-state index in [0.29, 0.717) is 33.2 Å². The van der Waals surface area contributed by atoms with E-state index in [0.717, 1.165) is 0 Å². The molecule has 112 valence electrons. The zero-order chi connectivity index (χ0) is 15.7. The topological polar surface area (TPSA) is 90.4 Å². The maximum absolute atomic E-state index is 11.6. The fraction of sp³-hybridized carbons (Fsp3) is 0.0667. The van der Waals surface area contributed by atoms with Crippen LogP contribution in [-0.4, -0.2) is 18.0 Å². The van der Waals surface area contributed by atoms with Crippen LogP contribution in [0.4, 0.5) is 11.4 Å². The van der Waals surface area contributed by atoms with E-state index in [-0.39, 0.29) is 5.76 Å². The molecule has 0 fully saturated rings. The third kappa shape index (κ3) is 2.56. The Labute approximate surface area is 130 Å². The molecule has 0 saturated heterocycles. The van der Waals surface area contributed by atoms with Crippen molar-refractivity contribution in [2.24, 2.45) is 5.73 Å². The lowest BCUT2D eigenvalue weighted by Gasteiger charge is -2.05. The summed E-state index contributed by atoms with van der Waals surface area (Å²) in [6, 6.07) is 8.62. The van der Waals surface area contributed by atoms with Crippen LogP contribution in [0.15, 0.2) is 40.9 Å². The van der Waals surface area contributed by atoms with E-state index >= 15 is 0 Å². The largest absolute Gasteiger partial charge is 0.497 e. The molecule has 22 heavy (non-hydrogen) atoms. The highest BCUT2D eigenvalue weighted by atomic mass is 35.5. The van der Waals surface area contributed by atoms with Gasteiger partial charge in [0.2, 0.25) is 5.76 Å². The van der Waals surface area contributed by atoms with Crippen LogP contribution in [-0.2, 0) is 0 Å². The molecule has 1 amide bonds. The molecule has 2 heterocycles. The first kappa shape index (κ1) is 14.2. The Morgan fingerprint density at radius 3 is 2.82 bits per heavy atom. The summed E-state index contributed by atoms with van der Waals surface area (Å²) in [6.45, 7) is 0. The van der Waals surface area contributed by atoms with Crippen LogP contribution in [0.3, 0.4) is 0 Å². The normalized spacial score (nSPS) is 10.6. The van der Waals surface area contributed by atoms with Gasteiger partial charge in [0.25, 0.3) is 5.91 Å². The summed E-state index contributed by atoms with van der Waals surface area (Å²) in [4.78, 5) is 15.6. The quantitative estimate of drug-likeness (QED) is 0.720. The number of pyridine rings is 1. The van der Waals surface area contributed by atoms with Gasteiger partial charge in [-0.2, -0.15) is 0 Å². The fourth-order valence-corrected chi connectivity index (χ4v) is 2.21. The standard InChI is InChI=1S/C15H12ClN3O3/c1-21-9-3-4-10-11(6-9)22-14(15(17)20)13(10)19-8-2-5-12(16)18-7-8/h2-7,19H,1H3,(H2,17,20). The molecular formula is C15H12ClN3O3. The second-order valence-electron chi connectivity index (χ2n) is 4.53.